The maximum absolute atomic E-state index is 13.3. The highest BCUT2D eigenvalue weighted by Crippen LogP contribution is 2.42. The van der Waals surface area contributed by atoms with Crippen molar-refractivity contribution in [1.29, 1.82) is 0 Å². The first-order chi connectivity index (χ1) is 14.5. The number of hydrogen-bond donors (Lipinski definition) is 0. The molecule has 4 aromatic rings. The maximum atomic E-state index is 13.3. The lowest BCUT2D eigenvalue weighted by Crippen LogP contribution is -2.25. The van der Waals surface area contributed by atoms with Gasteiger partial charge in [0.2, 0.25) is 0 Å². The van der Waals surface area contributed by atoms with E-state index in [-0.39, 0.29) is 23.2 Å². The van der Waals surface area contributed by atoms with E-state index in [1.54, 1.807) is 37.3 Å². The second-order valence-corrected chi connectivity index (χ2v) is 7.22. The zero-order valence-electron chi connectivity index (χ0n) is 16.2. The summed E-state index contributed by atoms with van der Waals surface area (Å²) in [7, 11) is 1.51. The molecule has 1 aliphatic heterocycles. The normalized spacial score (nSPS) is 15.8. The van der Waals surface area contributed by atoms with Gasteiger partial charge < -0.3 is 18.3 Å². The lowest BCUT2D eigenvalue weighted by atomic mass is 9.85. The topological polar surface area (TPSA) is 96.0 Å². The van der Waals surface area contributed by atoms with Crippen molar-refractivity contribution in [3.8, 4) is 11.5 Å². The van der Waals surface area contributed by atoms with E-state index in [9.17, 15) is 14.4 Å². The molecule has 5 rings (SSSR count). The van der Waals surface area contributed by atoms with Crippen LogP contribution in [0.25, 0.3) is 21.9 Å². The van der Waals surface area contributed by atoms with Gasteiger partial charge in [0, 0.05) is 28.5 Å². The number of carbonyl (C=O) groups excluding carboxylic acids is 1. The van der Waals surface area contributed by atoms with Gasteiger partial charge in [0.15, 0.2) is 5.43 Å². The van der Waals surface area contributed by atoms with Crippen LogP contribution in [0, 0.1) is 6.92 Å². The second-order valence-electron chi connectivity index (χ2n) is 7.22. The molecule has 0 bridgehead atoms. The van der Waals surface area contributed by atoms with Crippen molar-refractivity contribution in [1.82, 2.24) is 0 Å². The molecule has 1 atom stereocenters. The average Bonchev–Trinajstić information content (AvgIpc) is 2.72. The maximum Gasteiger partial charge on any atom is 0.336 e. The van der Waals surface area contributed by atoms with Gasteiger partial charge in [-0.05, 0) is 42.8 Å². The number of rotatable bonds is 2. The number of esters is 1. The summed E-state index contributed by atoms with van der Waals surface area (Å²) in [5.74, 6) is -0.376. The van der Waals surface area contributed by atoms with Crippen LogP contribution in [0.5, 0.6) is 11.5 Å². The predicted molar refractivity (Wildman–Crippen MR) is 108 cm³/mol. The number of aryl methyl sites for hydroxylation is 1. The van der Waals surface area contributed by atoms with E-state index in [0.29, 0.717) is 33.3 Å². The van der Waals surface area contributed by atoms with Gasteiger partial charge in [-0.3, -0.25) is 9.59 Å². The van der Waals surface area contributed by atoms with Crippen LogP contribution in [-0.2, 0) is 4.79 Å². The summed E-state index contributed by atoms with van der Waals surface area (Å²) in [6.07, 6.45) is 1.28. The molecule has 1 aliphatic rings. The molecule has 2 aromatic carbocycles. The first-order valence-electron chi connectivity index (χ1n) is 9.33. The van der Waals surface area contributed by atoms with Gasteiger partial charge in [-0.2, -0.15) is 0 Å². The Balaban J connectivity index is 1.82. The Hall–Kier alpha value is -3.87. The molecular weight excluding hydrogens is 388 g/mol. The molecule has 0 fully saturated rings. The van der Waals surface area contributed by atoms with E-state index in [4.69, 9.17) is 18.3 Å². The number of carbonyl (C=O) groups is 1. The molecule has 0 amide bonds. The van der Waals surface area contributed by atoms with Crippen LogP contribution in [0.4, 0.5) is 0 Å². The number of hydrogen-bond acceptors (Lipinski definition) is 7. The molecule has 30 heavy (non-hydrogen) atoms. The van der Waals surface area contributed by atoms with Crippen LogP contribution in [0.3, 0.4) is 0 Å². The smallest absolute Gasteiger partial charge is 0.336 e. The van der Waals surface area contributed by atoms with Crippen LogP contribution in [0.15, 0.2) is 61.1 Å². The predicted octanol–water partition coefficient (Wildman–Crippen LogP) is 3.66. The monoisotopic (exact) mass is 404 g/mol. The summed E-state index contributed by atoms with van der Waals surface area (Å²) in [5, 5.41) is 1.05. The summed E-state index contributed by atoms with van der Waals surface area (Å²) in [5.41, 5.74) is 1.42. The van der Waals surface area contributed by atoms with Gasteiger partial charge in [-0.1, -0.05) is 0 Å². The van der Waals surface area contributed by atoms with Gasteiger partial charge in [0.05, 0.1) is 25.2 Å². The van der Waals surface area contributed by atoms with Crippen molar-refractivity contribution < 1.29 is 23.1 Å². The third kappa shape index (κ3) is 2.70. The van der Waals surface area contributed by atoms with E-state index in [0.717, 1.165) is 5.56 Å². The van der Waals surface area contributed by atoms with Gasteiger partial charge in [-0.15, -0.1) is 0 Å². The van der Waals surface area contributed by atoms with Gasteiger partial charge in [0.1, 0.15) is 22.7 Å². The van der Waals surface area contributed by atoms with Crippen molar-refractivity contribution in [3.05, 3.63) is 80.0 Å². The molecular formula is C23H16O7. The lowest BCUT2D eigenvalue weighted by molar-refractivity contribution is -0.135. The molecule has 2 aromatic heterocycles. The fraction of sp³-hybridized carbons (Fsp3) is 0.174. The molecule has 0 spiro atoms. The zero-order valence-corrected chi connectivity index (χ0v) is 16.2. The lowest BCUT2D eigenvalue weighted by Gasteiger charge is -2.25. The zero-order chi connectivity index (χ0) is 21.0. The van der Waals surface area contributed by atoms with Crippen LogP contribution in [0.2, 0.25) is 0 Å². The summed E-state index contributed by atoms with van der Waals surface area (Å²) in [6.45, 7) is 1.80. The fourth-order valence-electron chi connectivity index (χ4n) is 4.00. The second kappa shape index (κ2) is 6.59. The van der Waals surface area contributed by atoms with Crippen molar-refractivity contribution >= 4 is 27.9 Å². The van der Waals surface area contributed by atoms with Crippen molar-refractivity contribution in [2.45, 2.75) is 19.3 Å². The third-order valence-corrected chi connectivity index (χ3v) is 5.44. The molecule has 7 heteroatoms. The summed E-state index contributed by atoms with van der Waals surface area (Å²) in [4.78, 5) is 37.7. The first-order valence-corrected chi connectivity index (χ1v) is 9.33. The molecule has 0 radical (unpaired) electrons. The van der Waals surface area contributed by atoms with Crippen molar-refractivity contribution in [3.63, 3.8) is 0 Å². The van der Waals surface area contributed by atoms with E-state index >= 15 is 0 Å². The molecule has 3 heterocycles. The van der Waals surface area contributed by atoms with Gasteiger partial charge in [0.25, 0.3) is 0 Å². The summed E-state index contributed by atoms with van der Waals surface area (Å²) in [6, 6.07) is 9.73. The highest BCUT2D eigenvalue weighted by atomic mass is 16.5. The van der Waals surface area contributed by atoms with E-state index < -0.39 is 17.5 Å². The summed E-state index contributed by atoms with van der Waals surface area (Å²) < 4.78 is 21.8. The quantitative estimate of drug-likeness (QED) is 0.286. The molecule has 0 saturated heterocycles. The summed E-state index contributed by atoms with van der Waals surface area (Å²) >= 11 is 0. The molecule has 0 aliphatic carbocycles. The number of benzene rings is 2. The van der Waals surface area contributed by atoms with Crippen LogP contribution in [0.1, 0.15) is 29.0 Å². The minimum Gasteiger partial charge on any atom is -0.497 e. The average molecular weight is 404 g/mol. The molecule has 7 nitrogen and oxygen atoms in total. The minimum atomic E-state index is -0.679. The van der Waals surface area contributed by atoms with E-state index in [1.165, 1.54) is 19.4 Å². The highest BCUT2D eigenvalue weighted by Gasteiger charge is 2.34. The molecule has 150 valence electrons. The Morgan fingerprint density at radius 3 is 2.67 bits per heavy atom. The van der Waals surface area contributed by atoms with Crippen LogP contribution in [-0.4, -0.2) is 13.1 Å². The van der Waals surface area contributed by atoms with E-state index in [2.05, 4.69) is 0 Å². The SMILES string of the molecule is COc1ccc2occ([C@@H]3CC(=O)Oc4ccc5c(C)cc(=O)oc5c43)c(=O)c2c1. The highest BCUT2D eigenvalue weighted by molar-refractivity contribution is 5.90. The Labute approximate surface area is 169 Å². The number of fused-ring (bicyclic) bond motifs is 4. The molecule has 0 N–H and O–H groups in total. The first kappa shape index (κ1) is 18.2. The fourth-order valence-corrected chi connectivity index (χ4v) is 4.00. The standard InChI is InChI=1S/C23H16O7/c1-11-7-19(24)30-23-13(11)4-6-18-21(23)14(9-20(25)29-18)16-10-28-17-5-3-12(27-2)8-15(17)22(16)26/h3-8,10,14H,9H2,1-2H3/t14-/m0/s1. The molecule has 0 saturated carbocycles. The largest absolute Gasteiger partial charge is 0.497 e. The number of methoxy groups -OCH3 is 1. The van der Waals surface area contributed by atoms with Crippen molar-refractivity contribution in [2.24, 2.45) is 0 Å². The Kier molecular flexibility index (Phi) is 3.99. The van der Waals surface area contributed by atoms with Gasteiger partial charge >= 0.3 is 11.6 Å². The number of ether oxygens (including phenoxy) is 2. The molecule has 0 unspecified atom stereocenters. The van der Waals surface area contributed by atoms with Gasteiger partial charge in [-0.25, -0.2) is 4.79 Å². The van der Waals surface area contributed by atoms with Crippen LogP contribution < -0.4 is 20.5 Å². The van der Waals surface area contributed by atoms with E-state index in [1.807, 2.05) is 0 Å². The van der Waals surface area contributed by atoms with Crippen LogP contribution >= 0.6 is 0 Å². The third-order valence-electron chi connectivity index (χ3n) is 5.44. The Bertz CT molecular complexity index is 1460. The minimum absolute atomic E-state index is 0.0794. The van der Waals surface area contributed by atoms with Crippen molar-refractivity contribution in [2.75, 3.05) is 7.11 Å². The Morgan fingerprint density at radius 1 is 1.03 bits per heavy atom. The Morgan fingerprint density at radius 2 is 1.87 bits per heavy atom.